The molecule has 0 amide bonds. The van der Waals surface area contributed by atoms with Crippen molar-refractivity contribution < 1.29 is 9.53 Å². The maximum Gasteiger partial charge on any atom is 0.166 e. The summed E-state index contributed by atoms with van der Waals surface area (Å²) in [5, 5.41) is 0. The number of aryl methyl sites for hydroxylation is 1. The van der Waals surface area contributed by atoms with Crippen LogP contribution in [0, 0.1) is 12.8 Å². The molecule has 1 aliphatic rings. The molecule has 1 fully saturated rings. The van der Waals surface area contributed by atoms with E-state index in [2.05, 4.69) is 19.9 Å². The van der Waals surface area contributed by atoms with Crippen molar-refractivity contribution in [1.29, 1.82) is 0 Å². The van der Waals surface area contributed by atoms with Gasteiger partial charge in [-0.2, -0.15) is 0 Å². The highest BCUT2D eigenvalue weighted by molar-refractivity contribution is 5.99. The predicted molar refractivity (Wildman–Crippen MR) is 78.1 cm³/mol. The highest BCUT2D eigenvalue weighted by atomic mass is 16.5. The molecule has 1 saturated carbocycles. The molecule has 2 heteroatoms. The van der Waals surface area contributed by atoms with E-state index in [1.165, 1.54) is 12.8 Å². The molecule has 0 radical (unpaired) electrons. The standard InChI is InChI=1S/C17H24O2/c1-11(2)14-10-15(12(3)9-16(14)19-4)17(18)13-7-5-6-8-13/h9-11,13H,5-8H2,1-4H3. The Kier molecular flexibility index (Phi) is 4.28. The maximum atomic E-state index is 12.6. The van der Waals surface area contributed by atoms with Crippen LogP contribution in [0.3, 0.4) is 0 Å². The third-order valence-electron chi connectivity index (χ3n) is 4.19. The summed E-state index contributed by atoms with van der Waals surface area (Å²) in [7, 11) is 1.69. The Morgan fingerprint density at radius 1 is 1.26 bits per heavy atom. The van der Waals surface area contributed by atoms with E-state index in [1.807, 2.05) is 13.0 Å². The van der Waals surface area contributed by atoms with Gasteiger partial charge in [0.2, 0.25) is 0 Å². The van der Waals surface area contributed by atoms with Gasteiger partial charge >= 0.3 is 0 Å². The topological polar surface area (TPSA) is 26.3 Å². The van der Waals surface area contributed by atoms with Gasteiger partial charge in [0.15, 0.2) is 5.78 Å². The summed E-state index contributed by atoms with van der Waals surface area (Å²) in [4.78, 5) is 12.6. The first-order valence-corrected chi connectivity index (χ1v) is 7.27. The van der Waals surface area contributed by atoms with Crippen molar-refractivity contribution in [3.05, 3.63) is 28.8 Å². The molecule has 0 bridgehead atoms. The van der Waals surface area contributed by atoms with Crippen LogP contribution in [0.1, 0.15) is 66.9 Å². The summed E-state index contributed by atoms with van der Waals surface area (Å²) in [5.74, 6) is 1.84. The quantitative estimate of drug-likeness (QED) is 0.745. The Bertz CT molecular complexity index is 468. The van der Waals surface area contributed by atoms with Gasteiger partial charge in [-0.05, 0) is 48.9 Å². The summed E-state index contributed by atoms with van der Waals surface area (Å²) in [6.45, 7) is 6.28. The van der Waals surface area contributed by atoms with Gasteiger partial charge in [0, 0.05) is 11.5 Å². The number of hydrogen-bond donors (Lipinski definition) is 0. The van der Waals surface area contributed by atoms with Crippen molar-refractivity contribution in [3.8, 4) is 5.75 Å². The van der Waals surface area contributed by atoms with Gasteiger partial charge in [0.05, 0.1) is 7.11 Å². The molecule has 2 rings (SSSR count). The van der Waals surface area contributed by atoms with Crippen molar-refractivity contribution in [2.24, 2.45) is 5.92 Å². The van der Waals surface area contributed by atoms with E-state index in [0.717, 1.165) is 35.3 Å². The fourth-order valence-corrected chi connectivity index (χ4v) is 3.00. The van der Waals surface area contributed by atoms with Crippen LogP contribution in [-0.2, 0) is 0 Å². The van der Waals surface area contributed by atoms with E-state index in [4.69, 9.17) is 4.74 Å². The number of carbonyl (C=O) groups excluding carboxylic acids is 1. The lowest BCUT2D eigenvalue weighted by molar-refractivity contribution is 0.0922. The van der Waals surface area contributed by atoms with Crippen LogP contribution < -0.4 is 4.74 Å². The number of hydrogen-bond acceptors (Lipinski definition) is 2. The van der Waals surface area contributed by atoms with Crippen molar-refractivity contribution in [2.45, 2.75) is 52.4 Å². The van der Waals surface area contributed by atoms with E-state index in [-0.39, 0.29) is 5.92 Å². The highest BCUT2D eigenvalue weighted by Crippen LogP contribution is 2.33. The molecule has 0 saturated heterocycles. The Labute approximate surface area is 116 Å². The molecule has 2 nitrogen and oxygen atoms in total. The summed E-state index contributed by atoms with van der Waals surface area (Å²) in [6.07, 6.45) is 4.51. The van der Waals surface area contributed by atoms with Crippen LogP contribution in [0.15, 0.2) is 12.1 Å². The minimum absolute atomic E-state index is 0.243. The van der Waals surface area contributed by atoms with Gasteiger partial charge in [-0.3, -0.25) is 4.79 Å². The first kappa shape index (κ1) is 14.1. The molecule has 0 N–H and O–H groups in total. The van der Waals surface area contributed by atoms with E-state index in [0.29, 0.717) is 11.7 Å². The average Bonchev–Trinajstić information content (AvgIpc) is 2.91. The molecule has 1 aromatic carbocycles. The van der Waals surface area contributed by atoms with Gasteiger partial charge < -0.3 is 4.74 Å². The zero-order chi connectivity index (χ0) is 14.0. The minimum Gasteiger partial charge on any atom is -0.496 e. The van der Waals surface area contributed by atoms with Crippen LogP contribution >= 0.6 is 0 Å². The Hall–Kier alpha value is -1.31. The molecular weight excluding hydrogens is 236 g/mol. The van der Waals surface area contributed by atoms with Gasteiger partial charge in [0.25, 0.3) is 0 Å². The molecule has 0 aliphatic heterocycles. The Morgan fingerprint density at radius 3 is 2.42 bits per heavy atom. The lowest BCUT2D eigenvalue weighted by Crippen LogP contribution is -2.13. The summed E-state index contributed by atoms with van der Waals surface area (Å²) >= 11 is 0. The van der Waals surface area contributed by atoms with Gasteiger partial charge in [-0.1, -0.05) is 26.7 Å². The summed E-state index contributed by atoms with van der Waals surface area (Å²) in [5.41, 5.74) is 3.07. The van der Waals surface area contributed by atoms with Gasteiger partial charge in [-0.15, -0.1) is 0 Å². The van der Waals surface area contributed by atoms with Crippen molar-refractivity contribution in [3.63, 3.8) is 0 Å². The number of ketones is 1. The molecule has 0 unspecified atom stereocenters. The van der Waals surface area contributed by atoms with Crippen molar-refractivity contribution in [2.75, 3.05) is 7.11 Å². The van der Waals surface area contributed by atoms with Crippen molar-refractivity contribution >= 4 is 5.78 Å². The normalized spacial score (nSPS) is 16.1. The number of rotatable bonds is 4. The fourth-order valence-electron chi connectivity index (χ4n) is 3.00. The molecule has 1 aliphatic carbocycles. The highest BCUT2D eigenvalue weighted by Gasteiger charge is 2.26. The molecule has 0 spiro atoms. The lowest BCUT2D eigenvalue weighted by Gasteiger charge is -2.17. The molecule has 0 heterocycles. The van der Waals surface area contributed by atoms with E-state index in [1.54, 1.807) is 7.11 Å². The largest absolute Gasteiger partial charge is 0.496 e. The SMILES string of the molecule is COc1cc(C)c(C(=O)C2CCCC2)cc1C(C)C. The number of Topliss-reactive ketones (excluding diaryl/α,β-unsaturated/α-hetero) is 1. The average molecular weight is 260 g/mol. The van der Waals surface area contributed by atoms with Gasteiger partial charge in [0.1, 0.15) is 5.75 Å². The minimum atomic E-state index is 0.243. The maximum absolute atomic E-state index is 12.6. The van der Waals surface area contributed by atoms with E-state index in [9.17, 15) is 4.79 Å². The van der Waals surface area contributed by atoms with Crippen LogP contribution in [0.5, 0.6) is 5.75 Å². The van der Waals surface area contributed by atoms with E-state index < -0.39 is 0 Å². The first-order chi connectivity index (χ1) is 9.04. The molecule has 0 atom stereocenters. The fraction of sp³-hybridized carbons (Fsp3) is 0.588. The molecular formula is C17H24O2. The summed E-state index contributed by atoms with van der Waals surface area (Å²) < 4.78 is 5.44. The second-order valence-electron chi connectivity index (χ2n) is 5.91. The third-order valence-corrected chi connectivity index (χ3v) is 4.19. The van der Waals surface area contributed by atoms with Crippen LogP contribution in [-0.4, -0.2) is 12.9 Å². The number of carbonyl (C=O) groups is 1. The smallest absolute Gasteiger partial charge is 0.166 e. The second kappa shape index (κ2) is 5.77. The number of ether oxygens (including phenoxy) is 1. The van der Waals surface area contributed by atoms with Crippen LogP contribution in [0.2, 0.25) is 0 Å². The molecule has 19 heavy (non-hydrogen) atoms. The zero-order valence-electron chi connectivity index (χ0n) is 12.5. The third kappa shape index (κ3) is 2.83. The lowest BCUT2D eigenvalue weighted by atomic mass is 9.89. The van der Waals surface area contributed by atoms with Crippen LogP contribution in [0.4, 0.5) is 0 Å². The number of methoxy groups -OCH3 is 1. The predicted octanol–water partition coefficient (Wildman–Crippen LogP) is 4.50. The van der Waals surface area contributed by atoms with Crippen molar-refractivity contribution in [1.82, 2.24) is 0 Å². The van der Waals surface area contributed by atoms with E-state index >= 15 is 0 Å². The second-order valence-corrected chi connectivity index (χ2v) is 5.91. The van der Waals surface area contributed by atoms with Crippen LogP contribution in [0.25, 0.3) is 0 Å². The molecule has 104 valence electrons. The Morgan fingerprint density at radius 2 is 1.89 bits per heavy atom. The number of benzene rings is 1. The summed E-state index contributed by atoms with van der Waals surface area (Å²) in [6, 6.07) is 4.07. The van der Waals surface area contributed by atoms with Gasteiger partial charge in [-0.25, -0.2) is 0 Å². The zero-order valence-corrected chi connectivity index (χ0v) is 12.5. The monoisotopic (exact) mass is 260 g/mol. The molecule has 0 aromatic heterocycles. The molecule has 1 aromatic rings. The first-order valence-electron chi connectivity index (χ1n) is 7.27. The Balaban J connectivity index is 2.39.